The van der Waals surface area contributed by atoms with E-state index in [9.17, 15) is 0 Å². The van der Waals surface area contributed by atoms with Crippen molar-refractivity contribution in [2.24, 2.45) is 0 Å². The van der Waals surface area contributed by atoms with Gasteiger partial charge in [-0.25, -0.2) is 0 Å². The van der Waals surface area contributed by atoms with Crippen LogP contribution < -0.4 is 37.2 Å². The van der Waals surface area contributed by atoms with E-state index in [1.165, 1.54) is 72.0 Å². The number of hydrogen-bond donors (Lipinski definition) is 0. The predicted molar refractivity (Wildman–Crippen MR) is 151 cm³/mol. The Balaban J connectivity index is 0.00000190. The van der Waals surface area contributed by atoms with Crippen molar-refractivity contribution in [2.75, 3.05) is 0 Å². The standard InChI is InChI=1S/C35H35.3ClH.Ti/c1-22-12-23(2)16-30(15-22)35(31-17-24(3)13-25(4)18-31,32-19-26(5)14-27(6)20-32)34-28(7)21-29-10-8-9-11-33(29)34;;;;/h8-21H,1-7H3;3*1H;/q-1;;;;+4/p-3. The van der Waals surface area contributed by atoms with Crippen molar-refractivity contribution in [1.82, 2.24) is 0 Å². The maximum Gasteiger partial charge on any atom is 4.00 e. The van der Waals surface area contributed by atoms with Crippen molar-refractivity contribution in [3.8, 4) is 0 Å². The van der Waals surface area contributed by atoms with Crippen molar-refractivity contribution < 1.29 is 58.9 Å². The smallest absolute Gasteiger partial charge is 1.00 e. The second kappa shape index (κ2) is 13.6. The molecule has 0 bridgehead atoms. The van der Waals surface area contributed by atoms with E-state index in [1.54, 1.807) is 0 Å². The molecule has 0 saturated heterocycles. The minimum Gasteiger partial charge on any atom is -1.00 e. The molecule has 0 aliphatic carbocycles. The Morgan fingerprint density at radius 2 is 0.795 bits per heavy atom. The van der Waals surface area contributed by atoms with Gasteiger partial charge in [0.2, 0.25) is 0 Å². The van der Waals surface area contributed by atoms with Gasteiger partial charge < -0.3 is 37.2 Å². The van der Waals surface area contributed by atoms with Crippen LogP contribution >= 0.6 is 0 Å². The number of aryl methyl sites for hydroxylation is 7. The van der Waals surface area contributed by atoms with Gasteiger partial charge in [0.1, 0.15) is 0 Å². The zero-order valence-corrected chi connectivity index (χ0v) is 27.5. The van der Waals surface area contributed by atoms with Crippen molar-refractivity contribution in [3.63, 3.8) is 0 Å². The molecule has 0 saturated carbocycles. The summed E-state index contributed by atoms with van der Waals surface area (Å²) in [5.74, 6) is 0. The Kier molecular flexibility index (Phi) is 12.3. The van der Waals surface area contributed by atoms with Crippen LogP contribution in [0.4, 0.5) is 0 Å². The summed E-state index contributed by atoms with van der Waals surface area (Å²) in [6.45, 7) is 15.6. The number of hydrogen-bond acceptors (Lipinski definition) is 0. The Labute approximate surface area is 268 Å². The second-order valence-electron chi connectivity index (χ2n) is 10.7. The van der Waals surface area contributed by atoms with E-state index in [-0.39, 0.29) is 58.9 Å². The number of halogens is 3. The summed E-state index contributed by atoms with van der Waals surface area (Å²) < 4.78 is 0. The average molecular weight is 610 g/mol. The van der Waals surface area contributed by atoms with Crippen molar-refractivity contribution in [1.29, 1.82) is 0 Å². The predicted octanol–water partition coefficient (Wildman–Crippen LogP) is 0.110. The minimum absolute atomic E-state index is 0. The fraction of sp³-hybridized carbons (Fsp3) is 0.229. The van der Waals surface area contributed by atoms with E-state index >= 15 is 0 Å². The first kappa shape index (κ1) is 35.1. The molecule has 0 aromatic heterocycles. The summed E-state index contributed by atoms with van der Waals surface area (Å²) in [6, 6.07) is 32.5. The Bertz CT molecular complexity index is 1390. The normalized spacial score (nSPS) is 10.6. The molecule has 0 atom stereocenters. The van der Waals surface area contributed by atoms with Gasteiger partial charge in [-0.15, -0.1) is 40.1 Å². The summed E-state index contributed by atoms with van der Waals surface area (Å²) in [5, 5.41) is 2.64. The van der Waals surface area contributed by atoms with Gasteiger partial charge in [0.05, 0.1) is 0 Å². The maximum atomic E-state index is 2.41. The van der Waals surface area contributed by atoms with Crippen LogP contribution in [0.1, 0.15) is 61.2 Å². The molecule has 5 aromatic rings. The van der Waals surface area contributed by atoms with E-state index in [0.717, 1.165) is 0 Å². The molecule has 4 heteroatoms. The molecule has 0 aliphatic heterocycles. The van der Waals surface area contributed by atoms with E-state index in [4.69, 9.17) is 0 Å². The van der Waals surface area contributed by atoms with Gasteiger partial charge in [-0.05, 0) is 58.2 Å². The molecule has 0 nitrogen and oxygen atoms in total. The summed E-state index contributed by atoms with van der Waals surface area (Å²) >= 11 is 0. The number of rotatable bonds is 4. The molecule has 5 rings (SSSR count). The summed E-state index contributed by atoms with van der Waals surface area (Å²) in [6.07, 6.45) is 0. The van der Waals surface area contributed by atoms with Crippen molar-refractivity contribution >= 4 is 10.8 Å². The van der Waals surface area contributed by atoms with E-state index in [1.807, 2.05) is 0 Å². The summed E-state index contributed by atoms with van der Waals surface area (Å²) in [5.41, 5.74) is 14.1. The molecule has 200 valence electrons. The van der Waals surface area contributed by atoms with Gasteiger partial charge in [-0.1, -0.05) is 101 Å². The Morgan fingerprint density at radius 3 is 1.15 bits per heavy atom. The molecular weight excluding hydrogens is 575 g/mol. The molecule has 0 fully saturated rings. The van der Waals surface area contributed by atoms with Crippen LogP contribution in [0.3, 0.4) is 0 Å². The second-order valence-corrected chi connectivity index (χ2v) is 10.7. The monoisotopic (exact) mass is 608 g/mol. The van der Waals surface area contributed by atoms with Crippen molar-refractivity contribution in [3.05, 3.63) is 146 Å². The van der Waals surface area contributed by atoms with Gasteiger partial charge in [0.25, 0.3) is 0 Å². The van der Waals surface area contributed by atoms with E-state index < -0.39 is 5.41 Å². The number of benzene rings is 4. The third-order valence-corrected chi connectivity index (χ3v) is 7.34. The molecule has 0 amide bonds. The third-order valence-electron chi connectivity index (χ3n) is 7.34. The molecule has 39 heavy (non-hydrogen) atoms. The number of fused-ring (bicyclic) bond motifs is 1. The maximum absolute atomic E-state index is 2.41. The molecular formula is C35H35Cl3Ti. The zero-order chi connectivity index (χ0) is 24.9. The quantitative estimate of drug-likeness (QED) is 0.154. The topological polar surface area (TPSA) is 0 Å². The van der Waals surface area contributed by atoms with Crippen LogP contribution in [0.2, 0.25) is 0 Å². The molecule has 0 unspecified atom stereocenters. The largest absolute Gasteiger partial charge is 4.00 e. The van der Waals surface area contributed by atoms with Gasteiger partial charge in [-0.2, -0.15) is 6.07 Å². The molecule has 0 heterocycles. The van der Waals surface area contributed by atoms with Crippen LogP contribution in [0.15, 0.2) is 84.9 Å². The summed E-state index contributed by atoms with van der Waals surface area (Å²) in [4.78, 5) is 0. The van der Waals surface area contributed by atoms with Crippen LogP contribution in [0.25, 0.3) is 10.8 Å². The Morgan fingerprint density at radius 1 is 0.462 bits per heavy atom. The van der Waals surface area contributed by atoms with Gasteiger partial charge in [0.15, 0.2) is 0 Å². The Hall–Kier alpha value is -1.93. The third kappa shape index (κ3) is 6.37. The zero-order valence-electron chi connectivity index (χ0n) is 23.7. The molecule has 0 radical (unpaired) electrons. The molecule has 0 N–H and O–H groups in total. The minimum atomic E-state index is -0.433. The SMILES string of the molecule is Cc1cc(C)cc(C(c2cc(C)cc(C)c2)(c2cc(C)cc(C)c2)[c-]2c(C)cc3ccccc32)c1.[Cl-].[Cl-].[Cl-].[Ti+4]. The average Bonchev–Trinajstić information content (AvgIpc) is 3.09. The fourth-order valence-corrected chi connectivity index (χ4v) is 6.37. The summed E-state index contributed by atoms with van der Waals surface area (Å²) in [7, 11) is 0. The van der Waals surface area contributed by atoms with Gasteiger partial charge >= 0.3 is 21.7 Å². The molecule has 0 aliphatic rings. The van der Waals surface area contributed by atoms with E-state index in [2.05, 4.69) is 133 Å². The van der Waals surface area contributed by atoms with Crippen LogP contribution in [0, 0.1) is 48.5 Å². The van der Waals surface area contributed by atoms with E-state index in [0.29, 0.717) is 0 Å². The first-order valence-electron chi connectivity index (χ1n) is 12.6. The first-order valence-corrected chi connectivity index (χ1v) is 12.6. The van der Waals surface area contributed by atoms with Gasteiger partial charge in [0, 0.05) is 5.41 Å². The molecule has 5 aromatic carbocycles. The van der Waals surface area contributed by atoms with Crippen molar-refractivity contribution in [2.45, 2.75) is 53.9 Å². The first-order chi connectivity index (χ1) is 16.7. The van der Waals surface area contributed by atoms with Gasteiger partial charge in [-0.3, -0.25) is 0 Å². The molecule has 0 spiro atoms. The van der Waals surface area contributed by atoms with Crippen LogP contribution in [-0.4, -0.2) is 0 Å². The van der Waals surface area contributed by atoms with Crippen LogP contribution in [-0.2, 0) is 27.1 Å². The fourth-order valence-electron chi connectivity index (χ4n) is 6.37. The van der Waals surface area contributed by atoms with Crippen LogP contribution in [0.5, 0.6) is 0 Å².